The number of benzene rings is 1. The van der Waals surface area contributed by atoms with Gasteiger partial charge in [-0.3, -0.25) is 0 Å². The van der Waals surface area contributed by atoms with E-state index < -0.39 is 12.7 Å². The smallest absolute Gasteiger partial charge is 0.408 e. The lowest BCUT2D eigenvalue weighted by atomic mass is 10.2. The fourth-order valence-electron chi connectivity index (χ4n) is 1.46. The first kappa shape index (κ1) is 12.5. The van der Waals surface area contributed by atoms with Crippen molar-refractivity contribution in [2.24, 2.45) is 0 Å². The number of halogens is 3. The Bertz CT molecular complexity index is 494. The van der Waals surface area contributed by atoms with Crippen LogP contribution in [-0.2, 0) is 13.2 Å². The largest absolute Gasteiger partial charge is 0.473 e. The van der Waals surface area contributed by atoms with E-state index in [1.807, 2.05) is 30.3 Å². The van der Waals surface area contributed by atoms with Crippen LogP contribution in [0.3, 0.4) is 0 Å². The molecule has 2 rings (SSSR count). The maximum absolute atomic E-state index is 12.2. The van der Waals surface area contributed by atoms with Gasteiger partial charge >= 0.3 is 6.18 Å². The number of ether oxygens (including phenoxy) is 1. The Morgan fingerprint density at radius 2 is 1.83 bits per heavy atom. The molecule has 0 amide bonds. The molecule has 6 heteroatoms. The van der Waals surface area contributed by atoms with E-state index in [4.69, 9.17) is 4.74 Å². The van der Waals surface area contributed by atoms with E-state index in [2.05, 4.69) is 5.10 Å². The highest BCUT2D eigenvalue weighted by Crippen LogP contribution is 2.21. The van der Waals surface area contributed by atoms with Gasteiger partial charge in [0, 0.05) is 6.07 Å². The molecule has 0 atom stereocenters. The fraction of sp³-hybridized carbons (Fsp3) is 0.250. The lowest BCUT2D eigenvalue weighted by Crippen LogP contribution is -2.19. The van der Waals surface area contributed by atoms with E-state index in [1.54, 1.807) is 0 Å². The Morgan fingerprint density at radius 3 is 2.50 bits per heavy atom. The van der Waals surface area contributed by atoms with Crippen molar-refractivity contribution in [3.05, 3.63) is 48.2 Å². The monoisotopic (exact) mass is 256 g/mol. The van der Waals surface area contributed by atoms with E-state index in [1.165, 1.54) is 12.3 Å². The Hall–Kier alpha value is -1.98. The summed E-state index contributed by atoms with van der Waals surface area (Å²) in [6, 6.07) is 10.6. The maximum Gasteiger partial charge on any atom is 0.408 e. The van der Waals surface area contributed by atoms with Crippen molar-refractivity contribution >= 4 is 0 Å². The average molecular weight is 256 g/mol. The molecule has 0 fully saturated rings. The summed E-state index contributed by atoms with van der Waals surface area (Å²) in [4.78, 5) is 0. The molecule has 1 heterocycles. The SMILES string of the molecule is FC(F)(F)Cn1nccc1OCc1ccccc1. The predicted molar refractivity (Wildman–Crippen MR) is 59.1 cm³/mol. The van der Waals surface area contributed by atoms with Crippen LogP contribution in [0.5, 0.6) is 5.88 Å². The molecule has 96 valence electrons. The summed E-state index contributed by atoms with van der Waals surface area (Å²) in [6.45, 7) is -0.936. The van der Waals surface area contributed by atoms with Crippen LogP contribution in [0, 0.1) is 0 Å². The van der Waals surface area contributed by atoms with Gasteiger partial charge in [-0.25, -0.2) is 4.68 Å². The number of hydrogen-bond acceptors (Lipinski definition) is 2. The van der Waals surface area contributed by atoms with Crippen molar-refractivity contribution in [2.75, 3.05) is 0 Å². The quantitative estimate of drug-likeness (QED) is 0.840. The topological polar surface area (TPSA) is 27.1 Å². The van der Waals surface area contributed by atoms with Crippen LogP contribution in [0.15, 0.2) is 42.6 Å². The normalized spacial score (nSPS) is 11.5. The minimum absolute atomic E-state index is 0.108. The number of alkyl halides is 3. The fourth-order valence-corrected chi connectivity index (χ4v) is 1.46. The molecule has 0 radical (unpaired) electrons. The maximum atomic E-state index is 12.2. The molecule has 0 spiro atoms. The number of aromatic nitrogens is 2. The van der Waals surface area contributed by atoms with E-state index in [9.17, 15) is 13.2 Å². The van der Waals surface area contributed by atoms with Crippen LogP contribution >= 0.6 is 0 Å². The van der Waals surface area contributed by atoms with Gasteiger partial charge in [-0.2, -0.15) is 18.3 Å². The molecule has 2 aromatic rings. The molecule has 1 aromatic heterocycles. The Kier molecular flexibility index (Phi) is 3.55. The second-order valence-corrected chi connectivity index (χ2v) is 3.72. The molecule has 3 nitrogen and oxygen atoms in total. The van der Waals surface area contributed by atoms with Crippen molar-refractivity contribution < 1.29 is 17.9 Å². The zero-order chi connectivity index (χ0) is 13.0. The first-order valence-electron chi connectivity index (χ1n) is 5.30. The molecule has 0 saturated heterocycles. The highest BCUT2D eigenvalue weighted by molar-refractivity contribution is 5.15. The van der Waals surface area contributed by atoms with Crippen LogP contribution in [0.1, 0.15) is 5.56 Å². The van der Waals surface area contributed by atoms with Crippen LogP contribution in [-0.4, -0.2) is 16.0 Å². The number of rotatable bonds is 4. The van der Waals surface area contributed by atoms with Gasteiger partial charge in [0.05, 0.1) is 6.20 Å². The van der Waals surface area contributed by atoms with Crippen LogP contribution in [0.25, 0.3) is 0 Å². The third-order valence-electron chi connectivity index (χ3n) is 2.24. The van der Waals surface area contributed by atoms with Gasteiger partial charge in [-0.15, -0.1) is 0 Å². The summed E-state index contributed by atoms with van der Waals surface area (Å²) in [7, 11) is 0. The molecule has 0 saturated carbocycles. The van der Waals surface area contributed by atoms with Gasteiger partial charge in [0.15, 0.2) is 0 Å². The second kappa shape index (κ2) is 5.12. The molecule has 0 bridgehead atoms. The first-order chi connectivity index (χ1) is 8.54. The molecule has 0 N–H and O–H groups in total. The predicted octanol–water partition coefficient (Wildman–Crippen LogP) is 3.02. The van der Waals surface area contributed by atoms with Crippen molar-refractivity contribution in [3.8, 4) is 5.88 Å². The van der Waals surface area contributed by atoms with Crippen LogP contribution in [0.2, 0.25) is 0 Å². The molecule has 0 aliphatic carbocycles. The van der Waals surface area contributed by atoms with Gasteiger partial charge < -0.3 is 4.74 Å². The van der Waals surface area contributed by atoms with Crippen LogP contribution in [0.4, 0.5) is 13.2 Å². The van der Waals surface area contributed by atoms with Crippen LogP contribution < -0.4 is 4.74 Å². The molecule has 0 unspecified atom stereocenters. The van der Waals surface area contributed by atoms with Gasteiger partial charge in [-0.05, 0) is 5.56 Å². The lowest BCUT2D eigenvalue weighted by molar-refractivity contribution is -0.143. The van der Waals surface area contributed by atoms with Gasteiger partial charge in [-0.1, -0.05) is 30.3 Å². The van der Waals surface area contributed by atoms with Gasteiger partial charge in [0.2, 0.25) is 5.88 Å². The summed E-state index contributed by atoms with van der Waals surface area (Å²) in [5, 5.41) is 3.59. The molecular weight excluding hydrogens is 245 g/mol. The lowest BCUT2D eigenvalue weighted by Gasteiger charge is -2.11. The minimum Gasteiger partial charge on any atom is -0.473 e. The Balaban J connectivity index is 2.00. The molecule has 18 heavy (non-hydrogen) atoms. The molecule has 1 aromatic carbocycles. The van der Waals surface area contributed by atoms with Gasteiger partial charge in [0.1, 0.15) is 13.2 Å². The van der Waals surface area contributed by atoms with E-state index in [-0.39, 0.29) is 12.5 Å². The zero-order valence-corrected chi connectivity index (χ0v) is 9.39. The number of hydrogen-bond donors (Lipinski definition) is 0. The first-order valence-corrected chi connectivity index (χ1v) is 5.30. The van der Waals surface area contributed by atoms with Crippen molar-refractivity contribution in [1.82, 2.24) is 9.78 Å². The summed E-state index contributed by atoms with van der Waals surface area (Å²) in [6.07, 6.45) is -3.02. The Labute approximate surface area is 102 Å². The third-order valence-corrected chi connectivity index (χ3v) is 2.24. The average Bonchev–Trinajstić information content (AvgIpc) is 2.73. The molecular formula is C12H11F3N2O. The summed E-state index contributed by atoms with van der Waals surface area (Å²) in [5.74, 6) is 0.108. The van der Waals surface area contributed by atoms with E-state index >= 15 is 0 Å². The minimum atomic E-state index is -4.31. The third kappa shape index (κ3) is 3.51. The summed E-state index contributed by atoms with van der Waals surface area (Å²) in [5.41, 5.74) is 0.886. The standard InChI is InChI=1S/C12H11F3N2O/c13-12(14,15)9-17-11(6-7-16-17)18-8-10-4-2-1-3-5-10/h1-7H,8-9H2. The second-order valence-electron chi connectivity index (χ2n) is 3.72. The van der Waals surface area contributed by atoms with Crippen molar-refractivity contribution in [2.45, 2.75) is 19.3 Å². The van der Waals surface area contributed by atoms with Gasteiger partial charge in [0.25, 0.3) is 0 Å². The molecule has 0 aliphatic rings. The summed E-state index contributed by atoms with van der Waals surface area (Å²) < 4.78 is 42.8. The van der Waals surface area contributed by atoms with Crippen molar-refractivity contribution in [1.29, 1.82) is 0 Å². The highest BCUT2D eigenvalue weighted by Gasteiger charge is 2.29. The van der Waals surface area contributed by atoms with E-state index in [0.29, 0.717) is 0 Å². The summed E-state index contributed by atoms with van der Waals surface area (Å²) >= 11 is 0. The Morgan fingerprint density at radius 1 is 1.11 bits per heavy atom. The molecule has 0 aliphatic heterocycles. The van der Waals surface area contributed by atoms with Crippen molar-refractivity contribution in [3.63, 3.8) is 0 Å². The zero-order valence-electron chi connectivity index (χ0n) is 9.39. The van der Waals surface area contributed by atoms with E-state index in [0.717, 1.165) is 10.2 Å². The highest BCUT2D eigenvalue weighted by atomic mass is 19.4. The number of nitrogens with zero attached hydrogens (tertiary/aromatic N) is 2.